The normalized spacial score (nSPS) is 13.4. The van der Waals surface area contributed by atoms with E-state index in [9.17, 15) is 0 Å². The first-order valence-corrected chi connectivity index (χ1v) is 16.0. The first-order chi connectivity index (χ1) is 21.6. The van der Waals surface area contributed by atoms with Crippen LogP contribution >= 0.6 is 11.3 Å². The van der Waals surface area contributed by atoms with E-state index in [4.69, 9.17) is 0 Å². The maximum absolute atomic E-state index is 2.48. The minimum atomic E-state index is -0.155. The van der Waals surface area contributed by atoms with Crippen molar-refractivity contribution >= 4 is 59.6 Å². The highest BCUT2D eigenvalue weighted by molar-refractivity contribution is 7.25. The van der Waals surface area contributed by atoms with E-state index in [1.54, 1.807) is 0 Å². The monoisotopic (exact) mass is 582 g/mol. The lowest BCUT2D eigenvalue weighted by Gasteiger charge is -2.28. The third kappa shape index (κ3) is 3.60. The van der Waals surface area contributed by atoms with Crippen LogP contribution < -0.4 is 4.90 Å². The third-order valence-electron chi connectivity index (χ3n) is 9.38. The summed E-state index contributed by atoms with van der Waals surface area (Å²) in [4.78, 5) is 3.67. The fourth-order valence-electron chi connectivity index (χ4n) is 7.29. The molecule has 0 radical (unpaired) electrons. The number of benzene rings is 6. The summed E-state index contributed by atoms with van der Waals surface area (Å²) in [7, 11) is 0. The molecule has 0 spiro atoms. The quantitative estimate of drug-likeness (QED) is 0.200. The molecule has 2 nitrogen and oxygen atoms in total. The van der Waals surface area contributed by atoms with Crippen LogP contribution in [-0.2, 0) is 5.41 Å². The topological polar surface area (TPSA) is 8.17 Å². The molecule has 1 aliphatic rings. The van der Waals surface area contributed by atoms with Crippen LogP contribution in [0.15, 0.2) is 146 Å². The minimum Gasteiger partial charge on any atom is -0.310 e. The number of thiophene rings is 1. The van der Waals surface area contributed by atoms with Crippen molar-refractivity contribution in [1.82, 2.24) is 4.57 Å². The number of fused-ring (bicyclic) bond motifs is 8. The molecular weight excluding hydrogens is 553 g/mol. The van der Waals surface area contributed by atoms with Gasteiger partial charge in [-0.1, -0.05) is 98.8 Å². The molecule has 0 N–H and O–H groups in total. The van der Waals surface area contributed by atoms with Gasteiger partial charge in [0.25, 0.3) is 0 Å². The van der Waals surface area contributed by atoms with Crippen LogP contribution in [0.2, 0.25) is 0 Å². The first-order valence-electron chi connectivity index (χ1n) is 15.2. The number of anilines is 3. The van der Waals surface area contributed by atoms with Crippen LogP contribution in [-0.4, -0.2) is 4.57 Å². The largest absolute Gasteiger partial charge is 0.310 e. The van der Waals surface area contributed by atoms with Crippen LogP contribution in [0, 0.1) is 0 Å². The molecule has 8 aromatic rings. The molecule has 2 heterocycles. The summed E-state index contributed by atoms with van der Waals surface area (Å²) in [5.41, 5.74) is 11.2. The number of aromatic nitrogens is 1. The third-order valence-corrected chi connectivity index (χ3v) is 10.5. The predicted molar refractivity (Wildman–Crippen MR) is 188 cm³/mol. The van der Waals surface area contributed by atoms with Crippen LogP contribution in [0.4, 0.5) is 17.1 Å². The Morgan fingerprint density at radius 2 is 1.14 bits per heavy atom. The van der Waals surface area contributed by atoms with E-state index in [1.807, 2.05) is 11.3 Å². The molecule has 2 aromatic heterocycles. The van der Waals surface area contributed by atoms with E-state index in [2.05, 4.69) is 169 Å². The second kappa shape index (κ2) is 9.44. The molecule has 3 heteroatoms. The average Bonchev–Trinajstić information content (AvgIpc) is 3.67. The summed E-state index contributed by atoms with van der Waals surface area (Å²) in [6, 6.07) is 53.1. The fraction of sp³-hybridized carbons (Fsp3) is 0.0732. The average molecular weight is 583 g/mol. The van der Waals surface area contributed by atoms with E-state index < -0.39 is 0 Å². The van der Waals surface area contributed by atoms with E-state index in [-0.39, 0.29) is 5.41 Å². The highest BCUT2D eigenvalue weighted by Gasteiger charge is 2.36. The Balaban J connectivity index is 1.21. The van der Waals surface area contributed by atoms with Gasteiger partial charge < -0.3 is 9.47 Å². The Hall–Kier alpha value is -5.12. The van der Waals surface area contributed by atoms with E-state index in [0.717, 1.165) is 11.4 Å². The number of hydrogen-bond donors (Lipinski definition) is 0. The lowest BCUT2D eigenvalue weighted by atomic mass is 9.82. The Morgan fingerprint density at radius 1 is 0.545 bits per heavy atom. The van der Waals surface area contributed by atoms with Gasteiger partial charge in [0.05, 0.1) is 5.52 Å². The van der Waals surface area contributed by atoms with Crippen LogP contribution in [0.1, 0.15) is 25.0 Å². The summed E-state index contributed by atoms with van der Waals surface area (Å²) in [5.74, 6) is 0. The predicted octanol–water partition coefficient (Wildman–Crippen LogP) is 11.8. The molecule has 0 saturated heterocycles. The maximum atomic E-state index is 2.48. The molecule has 0 amide bonds. The Kier molecular flexibility index (Phi) is 5.45. The summed E-state index contributed by atoms with van der Waals surface area (Å²) >= 11 is 1.89. The van der Waals surface area contributed by atoms with Crippen LogP contribution in [0.25, 0.3) is 48.0 Å². The van der Waals surface area contributed by atoms with Crippen molar-refractivity contribution in [2.75, 3.05) is 4.90 Å². The summed E-state index contributed by atoms with van der Waals surface area (Å²) in [5, 5.41) is 4.01. The Bertz CT molecular complexity index is 2320. The van der Waals surface area contributed by atoms with Crippen molar-refractivity contribution in [2.24, 2.45) is 0 Å². The van der Waals surface area contributed by atoms with E-state index >= 15 is 0 Å². The molecule has 44 heavy (non-hydrogen) atoms. The van der Waals surface area contributed by atoms with Crippen LogP contribution in [0.5, 0.6) is 0 Å². The molecule has 0 atom stereocenters. The molecular formula is C41H30N2S. The van der Waals surface area contributed by atoms with Crippen molar-refractivity contribution in [3.63, 3.8) is 0 Å². The standard InChI is InChI=1S/C41H30N2S/c1-41(2)35-25-29(42(27-13-5-3-6-14-27)28-15-7-4-8-16-28)21-23-31(35)32-24-22-30(26-36(32)41)43-37-19-11-9-17-33(37)39-34-18-10-12-20-38(34)44-40(39)43/h3-26H,1-2H3. The van der Waals surface area contributed by atoms with Gasteiger partial charge in [0.2, 0.25) is 0 Å². The van der Waals surface area contributed by atoms with Gasteiger partial charge in [-0.2, -0.15) is 0 Å². The molecule has 0 fully saturated rings. The van der Waals surface area contributed by atoms with Crippen molar-refractivity contribution in [1.29, 1.82) is 0 Å². The zero-order valence-electron chi connectivity index (χ0n) is 24.7. The second-order valence-corrected chi connectivity index (χ2v) is 13.3. The van der Waals surface area contributed by atoms with Gasteiger partial charge in [-0.05, 0) is 82.9 Å². The first kappa shape index (κ1) is 25.4. The van der Waals surface area contributed by atoms with E-state index in [1.165, 1.54) is 64.8 Å². The van der Waals surface area contributed by atoms with Gasteiger partial charge in [0.15, 0.2) is 0 Å². The van der Waals surface area contributed by atoms with Gasteiger partial charge in [-0.15, -0.1) is 11.3 Å². The zero-order valence-corrected chi connectivity index (χ0v) is 25.5. The molecule has 210 valence electrons. The minimum absolute atomic E-state index is 0.155. The lowest BCUT2D eigenvalue weighted by Crippen LogP contribution is -2.17. The SMILES string of the molecule is CC1(C)c2cc(N(c3ccccc3)c3ccccc3)ccc2-c2ccc(-n3c4ccccc4c4c5ccccc5sc43)cc21. The molecule has 1 aliphatic carbocycles. The zero-order chi connectivity index (χ0) is 29.4. The van der Waals surface area contributed by atoms with Gasteiger partial charge in [0.1, 0.15) is 4.83 Å². The van der Waals surface area contributed by atoms with Crippen LogP contribution in [0.3, 0.4) is 0 Å². The second-order valence-electron chi connectivity index (χ2n) is 12.2. The summed E-state index contributed by atoms with van der Waals surface area (Å²) < 4.78 is 3.81. The number of para-hydroxylation sites is 3. The Labute approximate surface area is 261 Å². The number of rotatable bonds is 4. The van der Waals surface area contributed by atoms with Gasteiger partial charge in [-0.3, -0.25) is 0 Å². The molecule has 6 aromatic carbocycles. The molecule has 0 unspecified atom stereocenters. The van der Waals surface area contributed by atoms with Gasteiger partial charge in [0, 0.05) is 49.0 Å². The highest BCUT2D eigenvalue weighted by Crippen LogP contribution is 2.52. The molecule has 0 saturated carbocycles. The molecule has 0 aliphatic heterocycles. The summed E-state index contributed by atoms with van der Waals surface area (Å²) in [6.45, 7) is 4.76. The molecule has 9 rings (SSSR count). The molecule has 0 bridgehead atoms. The Morgan fingerprint density at radius 3 is 1.86 bits per heavy atom. The van der Waals surface area contributed by atoms with Crippen molar-refractivity contribution in [2.45, 2.75) is 19.3 Å². The lowest BCUT2D eigenvalue weighted by molar-refractivity contribution is 0.660. The van der Waals surface area contributed by atoms with Crippen molar-refractivity contribution in [3.8, 4) is 16.8 Å². The smallest absolute Gasteiger partial charge is 0.109 e. The van der Waals surface area contributed by atoms with E-state index in [0.29, 0.717) is 0 Å². The number of nitrogens with zero attached hydrogens (tertiary/aromatic N) is 2. The summed E-state index contributed by atoms with van der Waals surface area (Å²) in [6.07, 6.45) is 0. The van der Waals surface area contributed by atoms with Gasteiger partial charge in [-0.25, -0.2) is 0 Å². The number of hydrogen-bond acceptors (Lipinski definition) is 2. The fourth-order valence-corrected chi connectivity index (χ4v) is 8.54. The highest BCUT2D eigenvalue weighted by atomic mass is 32.1. The van der Waals surface area contributed by atoms with Gasteiger partial charge >= 0.3 is 0 Å². The van der Waals surface area contributed by atoms with Crippen molar-refractivity contribution in [3.05, 3.63) is 157 Å². The maximum Gasteiger partial charge on any atom is 0.109 e. The van der Waals surface area contributed by atoms with Crippen molar-refractivity contribution < 1.29 is 0 Å².